The van der Waals surface area contributed by atoms with Crippen LogP contribution in [0.3, 0.4) is 0 Å². The van der Waals surface area contributed by atoms with Crippen LogP contribution in [0, 0.1) is 6.92 Å². The number of nitrogens with one attached hydrogen (secondary N) is 1. The maximum absolute atomic E-state index is 6.38. The lowest BCUT2D eigenvalue weighted by atomic mass is 9.99. The number of pyridine rings is 1. The van der Waals surface area contributed by atoms with E-state index in [0.29, 0.717) is 6.61 Å². The molecule has 0 aliphatic rings. The second-order valence-electron chi connectivity index (χ2n) is 5.05. The Balaban J connectivity index is 2.32. The van der Waals surface area contributed by atoms with E-state index in [0.717, 1.165) is 33.9 Å². The van der Waals surface area contributed by atoms with Gasteiger partial charge in [0, 0.05) is 11.2 Å². The molecule has 1 unspecified atom stereocenters. The molecule has 0 radical (unpaired) electrons. The second-order valence-corrected chi connectivity index (χ2v) is 5.46. The fourth-order valence-electron chi connectivity index (χ4n) is 2.26. The molecule has 112 valence electrons. The highest BCUT2D eigenvalue weighted by Crippen LogP contribution is 2.30. The molecule has 0 aliphatic carbocycles. The number of aryl methyl sites for hydroxylation is 1. The summed E-state index contributed by atoms with van der Waals surface area (Å²) in [5.41, 5.74) is 3.23. The van der Waals surface area contributed by atoms with Crippen LogP contribution in [0.4, 0.5) is 0 Å². The van der Waals surface area contributed by atoms with Crippen molar-refractivity contribution in [3.8, 4) is 5.75 Å². The molecule has 0 amide bonds. The number of halogens is 1. The largest absolute Gasteiger partial charge is 0.492 e. The summed E-state index contributed by atoms with van der Waals surface area (Å²) in [6.07, 6.45) is 4.56. The minimum absolute atomic E-state index is 0.00391. The van der Waals surface area contributed by atoms with Gasteiger partial charge in [-0.1, -0.05) is 30.7 Å². The topological polar surface area (TPSA) is 34.1 Å². The standard InChI is InChI=1S/C17H21ClN2O/c1-4-7-21-14-9-13(10-20-11-14)17(19-3)15-6-5-12(2)8-16(15)18/h5-6,8-11,17,19H,4,7H2,1-3H3. The minimum Gasteiger partial charge on any atom is -0.492 e. The summed E-state index contributed by atoms with van der Waals surface area (Å²) in [5, 5.41) is 4.06. The van der Waals surface area contributed by atoms with Crippen LogP contribution in [0.25, 0.3) is 0 Å². The number of aromatic nitrogens is 1. The van der Waals surface area contributed by atoms with E-state index in [1.54, 1.807) is 6.20 Å². The van der Waals surface area contributed by atoms with Crippen molar-refractivity contribution >= 4 is 11.6 Å². The van der Waals surface area contributed by atoms with E-state index in [1.165, 1.54) is 0 Å². The predicted molar refractivity (Wildman–Crippen MR) is 87.1 cm³/mol. The molecule has 0 fully saturated rings. The van der Waals surface area contributed by atoms with E-state index < -0.39 is 0 Å². The molecular weight excluding hydrogens is 284 g/mol. The molecule has 0 saturated carbocycles. The molecule has 0 aliphatic heterocycles. The zero-order valence-corrected chi connectivity index (χ0v) is 13.4. The van der Waals surface area contributed by atoms with Crippen LogP contribution in [-0.2, 0) is 0 Å². The molecular formula is C17H21ClN2O. The number of rotatable bonds is 6. The summed E-state index contributed by atoms with van der Waals surface area (Å²) in [6, 6.07) is 8.11. The monoisotopic (exact) mass is 304 g/mol. The highest BCUT2D eigenvalue weighted by Gasteiger charge is 2.16. The second kappa shape index (κ2) is 7.43. The Morgan fingerprint density at radius 2 is 2.10 bits per heavy atom. The van der Waals surface area contributed by atoms with Crippen LogP contribution >= 0.6 is 11.6 Å². The molecule has 0 spiro atoms. The van der Waals surface area contributed by atoms with Crippen molar-refractivity contribution in [1.82, 2.24) is 10.3 Å². The van der Waals surface area contributed by atoms with Gasteiger partial charge in [0.15, 0.2) is 0 Å². The number of hydrogen-bond acceptors (Lipinski definition) is 3. The lowest BCUT2D eigenvalue weighted by molar-refractivity contribution is 0.315. The van der Waals surface area contributed by atoms with Crippen LogP contribution in [0.5, 0.6) is 5.75 Å². The van der Waals surface area contributed by atoms with E-state index in [2.05, 4.69) is 29.4 Å². The van der Waals surface area contributed by atoms with Crippen molar-refractivity contribution in [1.29, 1.82) is 0 Å². The first kappa shape index (κ1) is 15.8. The van der Waals surface area contributed by atoms with Gasteiger partial charge in [-0.05, 0) is 49.2 Å². The van der Waals surface area contributed by atoms with Crippen LogP contribution in [0.1, 0.15) is 36.1 Å². The van der Waals surface area contributed by atoms with Gasteiger partial charge < -0.3 is 10.1 Å². The molecule has 2 rings (SSSR count). The summed E-state index contributed by atoms with van der Waals surface area (Å²) in [4.78, 5) is 4.27. The first-order valence-electron chi connectivity index (χ1n) is 7.16. The van der Waals surface area contributed by atoms with Gasteiger partial charge >= 0.3 is 0 Å². The van der Waals surface area contributed by atoms with Gasteiger partial charge in [-0.3, -0.25) is 4.98 Å². The molecule has 1 N–H and O–H groups in total. The van der Waals surface area contributed by atoms with Gasteiger partial charge in [0.1, 0.15) is 5.75 Å². The molecule has 1 aromatic carbocycles. The highest BCUT2D eigenvalue weighted by atomic mass is 35.5. The average molecular weight is 305 g/mol. The molecule has 1 atom stereocenters. The maximum Gasteiger partial charge on any atom is 0.137 e. The molecule has 4 heteroatoms. The lowest BCUT2D eigenvalue weighted by Gasteiger charge is -2.19. The Hall–Kier alpha value is -1.58. The summed E-state index contributed by atoms with van der Waals surface area (Å²) < 4.78 is 5.65. The van der Waals surface area contributed by atoms with E-state index in [9.17, 15) is 0 Å². The Morgan fingerprint density at radius 3 is 2.76 bits per heavy atom. The van der Waals surface area contributed by atoms with E-state index >= 15 is 0 Å². The number of nitrogens with zero attached hydrogens (tertiary/aromatic N) is 1. The maximum atomic E-state index is 6.38. The molecule has 2 aromatic rings. The minimum atomic E-state index is -0.00391. The summed E-state index contributed by atoms with van der Waals surface area (Å²) in [6.45, 7) is 4.81. The summed E-state index contributed by atoms with van der Waals surface area (Å²) in [5.74, 6) is 0.790. The third kappa shape index (κ3) is 3.96. The van der Waals surface area contributed by atoms with E-state index in [1.807, 2.05) is 32.3 Å². The van der Waals surface area contributed by atoms with Gasteiger partial charge in [0.05, 0.1) is 18.8 Å². The summed E-state index contributed by atoms with van der Waals surface area (Å²) >= 11 is 6.38. The molecule has 0 saturated heterocycles. The average Bonchev–Trinajstić information content (AvgIpc) is 2.48. The molecule has 21 heavy (non-hydrogen) atoms. The Labute approximate surface area is 131 Å². The van der Waals surface area contributed by atoms with Crippen molar-refractivity contribution in [2.24, 2.45) is 0 Å². The van der Waals surface area contributed by atoms with Crippen molar-refractivity contribution < 1.29 is 4.74 Å². The van der Waals surface area contributed by atoms with Crippen LogP contribution in [-0.4, -0.2) is 18.6 Å². The van der Waals surface area contributed by atoms with Gasteiger partial charge in [0.2, 0.25) is 0 Å². The third-order valence-corrected chi connectivity index (χ3v) is 3.62. The Bertz CT molecular complexity index is 601. The fraction of sp³-hybridized carbons (Fsp3) is 0.353. The van der Waals surface area contributed by atoms with Crippen molar-refractivity contribution in [2.45, 2.75) is 26.3 Å². The van der Waals surface area contributed by atoms with Crippen molar-refractivity contribution in [3.63, 3.8) is 0 Å². The number of ether oxygens (including phenoxy) is 1. The zero-order valence-electron chi connectivity index (χ0n) is 12.7. The molecule has 0 bridgehead atoms. The van der Waals surface area contributed by atoms with Gasteiger partial charge in [-0.15, -0.1) is 0 Å². The number of hydrogen-bond donors (Lipinski definition) is 1. The predicted octanol–water partition coefficient (Wildman–Crippen LogP) is 4.14. The zero-order chi connectivity index (χ0) is 15.2. The SMILES string of the molecule is CCCOc1cncc(C(NC)c2ccc(C)cc2Cl)c1. The van der Waals surface area contributed by atoms with Crippen molar-refractivity contribution in [3.05, 3.63) is 58.4 Å². The van der Waals surface area contributed by atoms with E-state index in [-0.39, 0.29) is 6.04 Å². The first-order chi connectivity index (χ1) is 10.2. The molecule has 1 heterocycles. The Morgan fingerprint density at radius 1 is 1.29 bits per heavy atom. The Kier molecular flexibility index (Phi) is 5.59. The van der Waals surface area contributed by atoms with Gasteiger partial charge in [-0.2, -0.15) is 0 Å². The third-order valence-electron chi connectivity index (χ3n) is 3.30. The first-order valence-corrected chi connectivity index (χ1v) is 7.54. The van der Waals surface area contributed by atoms with Crippen LogP contribution in [0.2, 0.25) is 5.02 Å². The van der Waals surface area contributed by atoms with E-state index in [4.69, 9.17) is 16.3 Å². The lowest BCUT2D eigenvalue weighted by Crippen LogP contribution is -2.18. The molecule has 3 nitrogen and oxygen atoms in total. The van der Waals surface area contributed by atoms with Gasteiger partial charge in [-0.25, -0.2) is 0 Å². The fourth-order valence-corrected chi connectivity index (χ4v) is 2.60. The molecule has 1 aromatic heterocycles. The van der Waals surface area contributed by atoms with Crippen molar-refractivity contribution in [2.75, 3.05) is 13.7 Å². The number of benzene rings is 1. The summed E-state index contributed by atoms with van der Waals surface area (Å²) in [7, 11) is 1.92. The normalized spacial score (nSPS) is 12.2. The highest BCUT2D eigenvalue weighted by molar-refractivity contribution is 6.31. The van der Waals surface area contributed by atoms with Crippen LogP contribution < -0.4 is 10.1 Å². The quantitative estimate of drug-likeness (QED) is 0.871. The van der Waals surface area contributed by atoms with Gasteiger partial charge in [0.25, 0.3) is 0 Å². The smallest absolute Gasteiger partial charge is 0.137 e. The van der Waals surface area contributed by atoms with Crippen LogP contribution in [0.15, 0.2) is 36.7 Å².